The van der Waals surface area contributed by atoms with Crippen molar-refractivity contribution in [3.05, 3.63) is 163 Å². The zero-order chi connectivity index (χ0) is 41.5. The molecule has 2 heterocycles. The summed E-state index contributed by atoms with van der Waals surface area (Å²) in [4.78, 5) is 14.5. The Bertz CT molecular complexity index is 2690. The van der Waals surface area contributed by atoms with Crippen LogP contribution >= 0.6 is 0 Å². The van der Waals surface area contributed by atoms with Gasteiger partial charge in [-0.05, 0) is 82.7 Å². The minimum Gasteiger partial charge on any atom is -0.548 e. The predicted molar refractivity (Wildman–Crippen MR) is 241 cm³/mol. The topological polar surface area (TPSA) is 117 Å². The molecule has 0 aliphatic rings. The Morgan fingerprint density at radius 3 is 1.20 bits per heavy atom. The van der Waals surface area contributed by atoms with Gasteiger partial charge in [-0.1, -0.05) is 120 Å². The first-order chi connectivity index (χ1) is 28.6. The van der Waals surface area contributed by atoms with Gasteiger partial charge < -0.3 is 14.6 Å². The molecule has 61 heavy (non-hydrogen) atoms. The first-order valence-corrected chi connectivity index (χ1v) is 19.4. The fraction of sp³-hybridized carbons (Fsp3) is 0.180. The fourth-order valence-corrected chi connectivity index (χ4v) is 6.61. The van der Waals surface area contributed by atoms with Gasteiger partial charge in [-0.15, -0.1) is 24.3 Å². The molecule has 9 aromatic rings. The molecule has 1 N–H and O–H groups in total. The van der Waals surface area contributed by atoms with Crippen LogP contribution in [0, 0.1) is 12.1 Å². The van der Waals surface area contributed by atoms with Gasteiger partial charge in [0.1, 0.15) is 27.8 Å². The zero-order valence-electron chi connectivity index (χ0n) is 34.1. The summed E-state index contributed by atoms with van der Waals surface area (Å²) < 4.78 is 11.8. The maximum Gasteiger partial charge on any atom is 0.163 e. The molecular weight excluding hydrogens is 941 g/mol. The molecule has 0 aliphatic heterocycles. The van der Waals surface area contributed by atoms with Gasteiger partial charge in [-0.25, -0.2) is 0 Å². The minimum absolute atomic E-state index is 0. The molecule has 0 saturated carbocycles. The first kappa shape index (κ1) is 45.4. The normalized spacial score (nSPS) is 11.2. The van der Waals surface area contributed by atoms with Crippen LogP contribution in [0.25, 0.3) is 60.6 Å². The Kier molecular flexibility index (Phi) is 15.3. The predicted octanol–water partition coefficient (Wildman–Crippen LogP) is 11.5. The van der Waals surface area contributed by atoms with E-state index < -0.39 is 0 Å². The summed E-state index contributed by atoms with van der Waals surface area (Å²) in [7, 11) is 0. The Hall–Kier alpha value is -6.68. The molecule has 0 fully saturated rings. The van der Waals surface area contributed by atoms with Crippen molar-refractivity contribution in [3.8, 4) is 22.9 Å². The SMILES string of the molecule is C.CC(=O)C(=C(C)O)c1ccccc1.CC(C)Oc1c[c-]c(-n2nc3ccccc3n2)c2ccccc12.CC(C)Oc1c[c-]c(-n2nc3ccccc3n2)c2ccccc12.[Ir]. The van der Waals surface area contributed by atoms with E-state index in [1.807, 2.05) is 155 Å². The summed E-state index contributed by atoms with van der Waals surface area (Å²) >= 11 is 0. The van der Waals surface area contributed by atoms with Crippen LogP contribution in [0.3, 0.4) is 0 Å². The van der Waals surface area contributed by atoms with Crippen molar-refractivity contribution in [2.45, 2.75) is 61.2 Å². The van der Waals surface area contributed by atoms with E-state index in [9.17, 15) is 9.90 Å². The first-order valence-electron chi connectivity index (χ1n) is 19.4. The number of ketones is 1. The van der Waals surface area contributed by atoms with E-state index in [0.29, 0.717) is 5.57 Å². The molecule has 0 atom stereocenters. The van der Waals surface area contributed by atoms with E-state index >= 15 is 0 Å². The maximum atomic E-state index is 11.2. The Labute approximate surface area is 369 Å². The van der Waals surface area contributed by atoms with Gasteiger partial charge in [0.25, 0.3) is 0 Å². The number of benzene rings is 7. The van der Waals surface area contributed by atoms with Crippen LogP contribution < -0.4 is 9.47 Å². The Balaban J connectivity index is 0.000000178. The van der Waals surface area contributed by atoms with E-state index in [-0.39, 0.29) is 51.3 Å². The quantitative estimate of drug-likeness (QED) is 0.0909. The third kappa shape index (κ3) is 10.6. The summed E-state index contributed by atoms with van der Waals surface area (Å²) in [5.74, 6) is 1.61. The number of allylic oxidation sites excluding steroid dienone is 2. The molecule has 0 aliphatic carbocycles. The van der Waals surface area contributed by atoms with Gasteiger partial charge in [0.15, 0.2) is 5.78 Å². The van der Waals surface area contributed by atoms with E-state index in [2.05, 4.69) is 32.5 Å². The molecule has 0 bridgehead atoms. The number of carbonyl (C=O) groups is 1. The number of fused-ring (bicyclic) bond motifs is 4. The number of aromatic nitrogens is 6. The van der Waals surface area contributed by atoms with Gasteiger partial charge in [0, 0.05) is 31.6 Å². The number of ether oxygens (including phenoxy) is 2. The second kappa shape index (κ2) is 20.5. The second-order valence-corrected chi connectivity index (χ2v) is 14.3. The van der Waals surface area contributed by atoms with Crippen LogP contribution in [0.2, 0.25) is 0 Å². The number of rotatable bonds is 8. The molecule has 9 rings (SSSR count). The molecule has 0 amide bonds. The van der Waals surface area contributed by atoms with Crippen LogP contribution in [0.1, 0.15) is 54.5 Å². The summed E-state index contributed by atoms with van der Waals surface area (Å²) in [6.45, 7) is 11.0. The molecule has 1 radical (unpaired) electrons. The van der Waals surface area contributed by atoms with E-state index in [1.165, 1.54) is 13.8 Å². The average molecular weight is 989 g/mol. The van der Waals surface area contributed by atoms with E-state index in [1.54, 1.807) is 21.7 Å². The van der Waals surface area contributed by atoms with Crippen molar-refractivity contribution < 1.29 is 39.5 Å². The van der Waals surface area contributed by atoms with Crippen LogP contribution in [0.5, 0.6) is 11.5 Å². The number of Topliss-reactive ketones (excluding diaryl/α,β-unsaturated/α-hetero) is 1. The fourth-order valence-electron chi connectivity index (χ4n) is 6.61. The number of aliphatic hydroxyl groups excluding tert-OH is 1. The van der Waals surface area contributed by atoms with Crippen LogP contribution in [0.15, 0.2) is 145 Å². The number of hydrogen-bond donors (Lipinski definition) is 1. The van der Waals surface area contributed by atoms with Crippen molar-refractivity contribution in [2.75, 3.05) is 0 Å². The summed E-state index contributed by atoms with van der Waals surface area (Å²) in [6, 6.07) is 51.3. The van der Waals surface area contributed by atoms with Gasteiger partial charge in [-0.2, -0.15) is 42.1 Å². The largest absolute Gasteiger partial charge is 0.548 e. The third-order valence-electron chi connectivity index (χ3n) is 9.05. The van der Waals surface area contributed by atoms with Gasteiger partial charge in [0.05, 0.1) is 17.8 Å². The molecule has 0 spiro atoms. The monoisotopic (exact) mass is 989 g/mol. The van der Waals surface area contributed by atoms with E-state index in [4.69, 9.17) is 9.47 Å². The summed E-state index contributed by atoms with van der Waals surface area (Å²) in [5, 5.41) is 31.6. The van der Waals surface area contributed by atoms with Crippen molar-refractivity contribution in [2.24, 2.45) is 0 Å². The average Bonchev–Trinajstić information content (AvgIpc) is 3.86. The molecule has 10 nitrogen and oxygen atoms in total. The molecule has 0 saturated heterocycles. The van der Waals surface area contributed by atoms with Crippen LogP contribution in [-0.2, 0) is 24.9 Å². The summed E-state index contributed by atoms with van der Waals surface area (Å²) in [6.07, 6.45) is 0.228. The Morgan fingerprint density at radius 1 is 0.541 bits per heavy atom. The molecular formula is C50H48IrN6O4-2. The number of hydrogen-bond acceptors (Lipinski definition) is 8. The standard InChI is InChI=1S/2C19H16N3O.C11H12O2.CH4.Ir/c2*1-13(2)23-19-12-11-18(14-7-3-4-8-15(14)19)22-20-16-9-5-6-10-17(16)21-22;1-8(12)11(9(2)13)10-6-4-3-5-7-10;;/h2*3-10,12-13H,1-2H3;3-7,12H,1-2H3;1H4;/q2*-1;;;. The smallest absolute Gasteiger partial charge is 0.163 e. The van der Waals surface area contributed by atoms with Gasteiger partial charge in [-0.3, -0.25) is 4.79 Å². The van der Waals surface area contributed by atoms with Crippen molar-refractivity contribution in [1.82, 2.24) is 30.0 Å². The molecule has 2 aromatic heterocycles. The van der Waals surface area contributed by atoms with Crippen molar-refractivity contribution >= 4 is 55.0 Å². The van der Waals surface area contributed by atoms with Crippen molar-refractivity contribution in [3.63, 3.8) is 0 Å². The second-order valence-electron chi connectivity index (χ2n) is 14.3. The van der Waals surface area contributed by atoms with Crippen LogP contribution in [-0.4, -0.2) is 53.1 Å². The van der Waals surface area contributed by atoms with E-state index in [0.717, 1.165) is 72.0 Å². The third-order valence-corrected chi connectivity index (χ3v) is 9.05. The summed E-state index contributed by atoms with van der Waals surface area (Å²) in [5.41, 5.74) is 6.27. The number of nitrogens with zero attached hydrogens (tertiary/aromatic N) is 6. The van der Waals surface area contributed by atoms with Crippen molar-refractivity contribution in [1.29, 1.82) is 0 Å². The number of carbonyl (C=O) groups excluding carboxylic acids is 1. The van der Waals surface area contributed by atoms with Gasteiger partial charge >= 0.3 is 0 Å². The number of aliphatic hydroxyl groups is 1. The van der Waals surface area contributed by atoms with Crippen LogP contribution in [0.4, 0.5) is 0 Å². The minimum atomic E-state index is -0.119. The molecule has 11 heteroatoms. The maximum absolute atomic E-state index is 11.2. The zero-order valence-corrected chi connectivity index (χ0v) is 36.5. The Morgan fingerprint density at radius 2 is 0.869 bits per heavy atom. The molecule has 0 unspecified atom stereocenters. The van der Waals surface area contributed by atoms with Gasteiger partial charge in [0.2, 0.25) is 0 Å². The molecule has 7 aromatic carbocycles. The molecule has 313 valence electrons.